The van der Waals surface area contributed by atoms with Gasteiger partial charge in [0.05, 0.1) is 17.0 Å². The van der Waals surface area contributed by atoms with Gasteiger partial charge < -0.3 is 23.9 Å². The van der Waals surface area contributed by atoms with Crippen molar-refractivity contribution in [1.29, 1.82) is 0 Å². The van der Waals surface area contributed by atoms with E-state index in [0.29, 0.717) is 33.6 Å². The fraction of sp³-hybridized carbons (Fsp3) is 0.185. The van der Waals surface area contributed by atoms with Crippen LogP contribution in [0.15, 0.2) is 63.8 Å². The van der Waals surface area contributed by atoms with Gasteiger partial charge in [-0.05, 0) is 72.5 Å². The number of phenolic OH excluding ortho intramolecular Hbond substituents is 1. The van der Waals surface area contributed by atoms with Crippen molar-refractivity contribution in [2.45, 2.75) is 26.4 Å². The fourth-order valence-electron chi connectivity index (χ4n) is 4.68. The molecule has 0 saturated carbocycles. The van der Waals surface area contributed by atoms with Gasteiger partial charge in [-0.25, -0.2) is 0 Å². The normalized spacial score (nSPS) is 16.4. The van der Waals surface area contributed by atoms with Crippen molar-refractivity contribution in [3.05, 3.63) is 98.4 Å². The molecular formula is C27H21NO6. The number of rotatable bonds is 3. The number of aromatic hydroxyl groups is 1. The molecule has 1 unspecified atom stereocenters. The number of aryl methyl sites for hydroxylation is 2. The summed E-state index contributed by atoms with van der Waals surface area (Å²) in [7, 11) is 0. The van der Waals surface area contributed by atoms with E-state index in [-0.39, 0.29) is 36.2 Å². The zero-order valence-corrected chi connectivity index (χ0v) is 18.6. The third-order valence-corrected chi connectivity index (χ3v) is 6.58. The van der Waals surface area contributed by atoms with Crippen LogP contribution in [-0.2, 0) is 6.54 Å². The predicted molar refractivity (Wildman–Crippen MR) is 124 cm³/mol. The van der Waals surface area contributed by atoms with Gasteiger partial charge in [-0.3, -0.25) is 9.59 Å². The molecule has 0 radical (unpaired) electrons. The topological polar surface area (TPSA) is 89.2 Å². The molecule has 3 aromatic carbocycles. The number of benzene rings is 3. The molecular weight excluding hydrogens is 434 g/mol. The minimum Gasteiger partial charge on any atom is -0.508 e. The van der Waals surface area contributed by atoms with E-state index in [0.717, 1.165) is 16.7 Å². The SMILES string of the molecule is Cc1cc2oc3c(c(=O)c2cc1C)C(c1ccc(O)cc1)N(Cc1ccc2c(c1)OCO2)C3=O. The molecule has 34 heavy (non-hydrogen) atoms. The first-order chi connectivity index (χ1) is 16.4. The summed E-state index contributed by atoms with van der Waals surface area (Å²) in [5.74, 6) is 1.08. The standard InChI is InChI=1S/C27H21NO6/c1-14-9-19-21(10-15(14)2)34-26-23(25(19)30)24(17-4-6-18(29)7-5-17)28(27(26)31)12-16-3-8-20-22(11-16)33-13-32-20/h3-11,24,29H,12-13H2,1-2H3. The van der Waals surface area contributed by atoms with Gasteiger partial charge in [-0.2, -0.15) is 0 Å². The Morgan fingerprint density at radius 3 is 2.47 bits per heavy atom. The van der Waals surface area contributed by atoms with Crippen molar-refractivity contribution in [2.24, 2.45) is 0 Å². The number of carbonyl (C=O) groups excluding carboxylic acids is 1. The van der Waals surface area contributed by atoms with Gasteiger partial charge in [0.15, 0.2) is 16.9 Å². The van der Waals surface area contributed by atoms with Crippen LogP contribution in [0.1, 0.15) is 44.4 Å². The number of nitrogens with zero attached hydrogens (tertiary/aromatic N) is 1. The minimum atomic E-state index is -0.657. The van der Waals surface area contributed by atoms with Gasteiger partial charge in [0.2, 0.25) is 12.6 Å². The van der Waals surface area contributed by atoms with Crippen LogP contribution in [0.25, 0.3) is 11.0 Å². The van der Waals surface area contributed by atoms with Crippen LogP contribution in [0.2, 0.25) is 0 Å². The first kappa shape index (κ1) is 20.4. The van der Waals surface area contributed by atoms with Crippen LogP contribution in [0.3, 0.4) is 0 Å². The Morgan fingerprint density at radius 1 is 0.941 bits per heavy atom. The highest BCUT2D eigenvalue weighted by Crippen LogP contribution is 2.41. The van der Waals surface area contributed by atoms with Gasteiger partial charge in [0, 0.05) is 6.54 Å². The maximum atomic E-state index is 13.7. The number of hydrogen-bond acceptors (Lipinski definition) is 6. The third kappa shape index (κ3) is 3.04. The molecule has 7 nitrogen and oxygen atoms in total. The molecule has 0 aliphatic carbocycles. The summed E-state index contributed by atoms with van der Waals surface area (Å²) in [6.45, 7) is 4.27. The van der Waals surface area contributed by atoms with E-state index >= 15 is 0 Å². The number of fused-ring (bicyclic) bond motifs is 3. The van der Waals surface area contributed by atoms with Crippen molar-refractivity contribution in [2.75, 3.05) is 6.79 Å². The summed E-state index contributed by atoms with van der Waals surface area (Å²) in [6, 6.07) is 15.0. The molecule has 1 N–H and O–H groups in total. The first-order valence-corrected chi connectivity index (χ1v) is 11.0. The van der Waals surface area contributed by atoms with E-state index < -0.39 is 6.04 Å². The highest BCUT2D eigenvalue weighted by Gasteiger charge is 2.42. The monoisotopic (exact) mass is 455 g/mol. The summed E-state index contributed by atoms with van der Waals surface area (Å²) in [5.41, 5.74) is 3.98. The molecule has 170 valence electrons. The lowest BCUT2D eigenvalue weighted by molar-refractivity contribution is 0.0714. The minimum absolute atomic E-state index is 0.0552. The molecule has 6 rings (SSSR count). The number of ether oxygens (including phenoxy) is 2. The van der Waals surface area contributed by atoms with Crippen molar-refractivity contribution >= 4 is 16.9 Å². The summed E-state index contributed by atoms with van der Waals surface area (Å²) in [5, 5.41) is 10.3. The van der Waals surface area contributed by atoms with Crippen molar-refractivity contribution in [3.8, 4) is 17.2 Å². The Kier molecular flexibility index (Phi) is 4.42. The highest BCUT2D eigenvalue weighted by molar-refractivity contribution is 5.99. The van der Waals surface area contributed by atoms with Crippen LogP contribution in [0, 0.1) is 13.8 Å². The maximum Gasteiger partial charge on any atom is 0.291 e. The van der Waals surface area contributed by atoms with E-state index in [1.807, 2.05) is 38.1 Å². The predicted octanol–water partition coefficient (Wildman–Crippen LogP) is 4.59. The smallest absolute Gasteiger partial charge is 0.291 e. The number of hydrogen-bond donors (Lipinski definition) is 1. The fourth-order valence-corrected chi connectivity index (χ4v) is 4.68. The Hall–Kier alpha value is -4.26. The molecule has 2 aliphatic rings. The van der Waals surface area contributed by atoms with E-state index in [9.17, 15) is 14.7 Å². The van der Waals surface area contributed by atoms with Crippen molar-refractivity contribution < 1.29 is 23.8 Å². The summed E-state index contributed by atoms with van der Waals surface area (Å²) in [4.78, 5) is 29.0. The van der Waals surface area contributed by atoms with E-state index in [4.69, 9.17) is 13.9 Å². The number of carbonyl (C=O) groups is 1. The lowest BCUT2D eigenvalue weighted by atomic mass is 9.97. The Morgan fingerprint density at radius 2 is 1.68 bits per heavy atom. The molecule has 1 atom stereocenters. The molecule has 3 heterocycles. The molecule has 0 spiro atoms. The average molecular weight is 455 g/mol. The van der Waals surface area contributed by atoms with E-state index in [1.54, 1.807) is 35.2 Å². The van der Waals surface area contributed by atoms with Gasteiger partial charge >= 0.3 is 0 Å². The van der Waals surface area contributed by atoms with Gasteiger partial charge in [0.1, 0.15) is 11.3 Å². The van der Waals surface area contributed by atoms with Gasteiger partial charge in [0.25, 0.3) is 5.91 Å². The van der Waals surface area contributed by atoms with E-state index in [2.05, 4.69) is 0 Å². The maximum absolute atomic E-state index is 13.7. The number of amides is 1. The Bertz CT molecular complexity index is 1540. The summed E-state index contributed by atoms with van der Waals surface area (Å²) < 4.78 is 16.9. The van der Waals surface area contributed by atoms with Crippen LogP contribution in [-0.4, -0.2) is 22.7 Å². The van der Waals surface area contributed by atoms with Crippen LogP contribution in [0.5, 0.6) is 17.2 Å². The molecule has 0 fully saturated rings. The Balaban J connectivity index is 1.53. The summed E-state index contributed by atoms with van der Waals surface area (Å²) >= 11 is 0. The van der Waals surface area contributed by atoms with Gasteiger partial charge in [-0.15, -0.1) is 0 Å². The largest absolute Gasteiger partial charge is 0.508 e. The molecule has 1 amide bonds. The summed E-state index contributed by atoms with van der Waals surface area (Å²) in [6.07, 6.45) is 0. The second-order valence-electron chi connectivity index (χ2n) is 8.72. The van der Waals surface area contributed by atoms with Crippen LogP contribution in [0.4, 0.5) is 0 Å². The molecule has 7 heteroatoms. The van der Waals surface area contributed by atoms with Crippen LogP contribution < -0.4 is 14.9 Å². The molecule has 0 bridgehead atoms. The third-order valence-electron chi connectivity index (χ3n) is 6.58. The Labute approximate surface area is 194 Å². The lowest BCUT2D eigenvalue weighted by Crippen LogP contribution is -2.29. The highest BCUT2D eigenvalue weighted by atomic mass is 16.7. The molecule has 0 saturated heterocycles. The van der Waals surface area contributed by atoms with Crippen LogP contribution >= 0.6 is 0 Å². The second kappa shape index (κ2) is 7.38. The lowest BCUT2D eigenvalue weighted by Gasteiger charge is -2.25. The zero-order chi connectivity index (χ0) is 23.6. The van der Waals surface area contributed by atoms with E-state index in [1.165, 1.54) is 0 Å². The molecule has 1 aromatic heterocycles. The molecule has 2 aliphatic heterocycles. The van der Waals surface area contributed by atoms with Crippen molar-refractivity contribution in [1.82, 2.24) is 4.90 Å². The van der Waals surface area contributed by atoms with Gasteiger partial charge in [-0.1, -0.05) is 18.2 Å². The average Bonchev–Trinajstić information content (AvgIpc) is 3.39. The quantitative estimate of drug-likeness (QED) is 0.486. The number of phenols is 1. The zero-order valence-electron chi connectivity index (χ0n) is 18.6. The van der Waals surface area contributed by atoms with Crippen molar-refractivity contribution in [3.63, 3.8) is 0 Å². The first-order valence-electron chi connectivity index (χ1n) is 11.0. The molecule has 4 aromatic rings. The second-order valence-corrected chi connectivity index (χ2v) is 8.72.